The number of carboxylic acids is 1. The van der Waals surface area contributed by atoms with Crippen LogP contribution in [0.25, 0.3) is 0 Å². The standard InChI is InChI=1S/C14H18F3NO2/c1-3-7-18(8-4-2)12-6-5-10(13(19)20)9-11(12)14(15,16)17/h5-6,9H,3-4,7-8H2,1-2H3,(H,19,20). The lowest BCUT2D eigenvalue weighted by atomic mass is 10.1. The number of hydrogen-bond acceptors (Lipinski definition) is 2. The first-order chi connectivity index (χ1) is 9.31. The van der Waals surface area contributed by atoms with Gasteiger partial charge in [0.25, 0.3) is 0 Å². The van der Waals surface area contributed by atoms with Gasteiger partial charge in [-0.05, 0) is 31.0 Å². The smallest absolute Gasteiger partial charge is 0.418 e. The molecule has 0 saturated carbocycles. The molecule has 3 nitrogen and oxygen atoms in total. The average molecular weight is 289 g/mol. The van der Waals surface area contributed by atoms with Gasteiger partial charge in [-0.1, -0.05) is 13.8 Å². The Labute approximate surface area is 116 Å². The van der Waals surface area contributed by atoms with Gasteiger partial charge in [0.1, 0.15) is 0 Å². The number of halogens is 3. The van der Waals surface area contributed by atoms with E-state index in [-0.39, 0.29) is 11.3 Å². The van der Waals surface area contributed by atoms with E-state index in [1.807, 2.05) is 13.8 Å². The van der Waals surface area contributed by atoms with Crippen LogP contribution in [0.3, 0.4) is 0 Å². The Kier molecular flexibility index (Phi) is 5.42. The first kappa shape index (κ1) is 16.3. The van der Waals surface area contributed by atoms with Gasteiger partial charge < -0.3 is 10.0 Å². The highest BCUT2D eigenvalue weighted by atomic mass is 19.4. The first-order valence-corrected chi connectivity index (χ1v) is 6.50. The Morgan fingerprint density at radius 3 is 2.15 bits per heavy atom. The number of carboxylic acid groups (broad SMARTS) is 1. The van der Waals surface area contributed by atoms with Crippen molar-refractivity contribution < 1.29 is 23.1 Å². The molecule has 1 N–H and O–H groups in total. The maximum atomic E-state index is 13.1. The van der Waals surface area contributed by atoms with Crippen molar-refractivity contribution in [3.63, 3.8) is 0 Å². The molecule has 0 aromatic heterocycles. The van der Waals surface area contributed by atoms with E-state index in [4.69, 9.17) is 5.11 Å². The largest absolute Gasteiger partial charge is 0.478 e. The molecule has 0 bridgehead atoms. The minimum Gasteiger partial charge on any atom is -0.478 e. The predicted molar refractivity (Wildman–Crippen MR) is 71.2 cm³/mol. The highest BCUT2D eigenvalue weighted by Gasteiger charge is 2.35. The van der Waals surface area contributed by atoms with Gasteiger partial charge >= 0.3 is 12.1 Å². The Balaban J connectivity index is 3.33. The van der Waals surface area contributed by atoms with E-state index in [9.17, 15) is 18.0 Å². The van der Waals surface area contributed by atoms with E-state index in [2.05, 4.69) is 0 Å². The molecule has 6 heteroatoms. The van der Waals surface area contributed by atoms with Crippen LogP contribution in [0.2, 0.25) is 0 Å². The molecule has 1 rings (SSSR count). The third-order valence-corrected chi connectivity index (χ3v) is 2.88. The van der Waals surface area contributed by atoms with Crippen LogP contribution in [0.4, 0.5) is 18.9 Å². The van der Waals surface area contributed by atoms with Gasteiger partial charge in [-0.15, -0.1) is 0 Å². The fourth-order valence-corrected chi connectivity index (χ4v) is 2.06. The second kappa shape index (κ2) is 6.63. The summed E-state index contributed by atoms with van der Waals surface area (Å²) in [5, 5.41) is 8.83. The maximum Gasteiger partial charge on any atom is 0.418 e. The zero-order valence-corrected chi connectivity index (χ0v) is 11.5. The van der Waals surface area contributed by atoms with Gasteiger partial charge in [0.05, 0.1) is 11.1 Å². The third-order valence-electron chi connectivity index (χ3n) is 2.88. The number of alkyl halides is 3. The van der Waals surface area contributed by atoms with Crippen molar-refractivity contribution in [3.05, 3.63) is 29.3 Å². The van der Waals surface area contributed by atoms with Gasteiger partial charge in [-0.2, -0.15) is 13.2 Å². The number of rotatable bonds is 6. The van der Waals surface area contributed by atoms with Crippen molar-refractivity contribution in [1.82, 2.24) is 0 Å². The fraction of sp³-hybridized carbons (Fsp3) is 0.500. The molecule has 0 aliphatic carbocycles. The predicted octanol–water partition coefficient (Wildman–Crippen LogP) is 4.03. The van der Waals surface area contributed by atoms with Crippen LogP contribution >= 0.6 is 0 Å². The molecule has 0 amide bonds. The van der Waals surface area contributed by atoms with Gasteiger partial charge in [-0.25, -0.2) is 4.79 Å². The Hall–Kier alpha value is -1.72. The summed E-state index contributed by atoms with van der Waals surface area (Å²) in [7, 11) is 0. The second-order valence-corrected chi connectivity index (χ2v) is 4.52. The van der Waals surface area contributed by atoms with Crippen LogP contribution < -0.4 is 4.90 Å². The summed E-state index contributed by atoms with van der Waals surface area (Å²) in [5.41, 5.74) is -1.19. The molecular weight excluding hydrogens is 271 g/mol. The van der Waals surface area contributed by atoms with Crippen molar-refractivity contribution in [2.24, 2.45) is 0 Å². The lowest BCUT2D eigenvalue weighted by Crippen LogP contribution is -2.27. The number of hydrogen-bond donors (Lipinski definition) is 1. The number of carbonyl (C=O) groups is 1. The maximum absolute atomic E-state index is 13.1. The van der Waals surface area contributed by atoms with E-state index in [1.165, 1.54) is 12.1 Å². The lowest BCUT2D eigenvalue weighted by molar-refractivity contribution is -0.137. The van der Waals surface area contributed by atoms with Crippen LogP contribution in [0.1, 0.15) is 42.6 Å². The SMILES string of the molecule is CCCN(CCC)c1ccc(C(=O)O)cc1C(F)(F)F. The zero-order valence-electron chi connectivity index (χ0n) is 11.5. The van der Waals surface area contributed by atoms with Crippen LogP contribution in [0.5, 0.6) is 0 Å². The molecule has 0 aliphatic rings. The van der Waals surface area contributed by atoms with Gasteiger partial charge in [0, 0.05) is 18.8 Å². The quantitative estimate of drug-likeness (QED) is 0.859. The van der Waals surface area contributed by atoms with Crippen molar-refractivity contribution in [2.45, 2.75) is 32.9 Å². The summed E-state index contributed by atoms with van der Waals surface area (Å²) in [6.07, 6.45) is -3.13. The summed E-state index contributed by atoms with van der Waals surface area (Å²) in [5.74, 6) is -1.36. The van der Waals surface area contributed by atoms with Gasteiger partial charge in [0.15, 0.2) is 0 Å². The van der Waals surface area contributed by atoms with Crippen LogP contribution in [0.15, 0.2) is 18.2 Å². The second-order valence-electron chi connectivity index (χ2n) is 4.52. The monoisotopic (exact) mass is 289 g/mol. The number of aromatic carboxylic acids is 1. The zero-order chi connectivity index (χ0) is 15.3. The van der Waals surface area contributed by atoms with Crippen LogP contribution in [-0.2, 0) is 6.18 Å². The highest BCUT2D eigenvalue weighted by molar-refractivity contribution is 5.88. The molecule has 0 spiro atoms. The highest BCUT2D eigenvalue weighted by Crippen LogP contribution is 2.37. The molecule has 0 fully saturated rings. The van der Waals surface area contributed by atoms with E-state index in [0.29, 0.717) is 19.2 Å². The summed E-state index contributed by atoms with van der Waals surface area (Å²) in [6.45, 7) is 4.79. The van der Waals surface area contributed by atoms with Crippen LogP contribution in [-0.4, -0.2) is 24.2 Å². The molecule has 0 radical (unpaired) electrons. The molecule has 0 saturated heterocycles. The van der Waals surface area contributed by atoms with E-state index < -0.39 is 17.7 Å². The fourth-order valence-electron chi connectivity index (χ4n) is 2.06. The summed E-state index contributed by atoms with van der Waals surface area (Å²) < 4.78 is 39.3. The topological polar surface area (TPSA) is 40.5 Å². The number of benzene rings is 1. The lowest BCUT2D eigenvalue weighted by Gasteiger charge is -2.27. The number of anilines is 1. The molecule has 1 aromatic carbocycles. The summed E-state index contributed by atoms with van der Waals surface area (Å²) >= 11 is 0. The molecule has 112 valence electrons. The molecule has 1 aromatic rings. The van der Waals surface area contributed by atoms with Crippen molar-refractivity contribution >= 4 is 11.7 Å². The first-order valence-electron chi connectivity index (χ1n) is 6.50. The Morgan fingerprint density at radius 1 is 1.20 bits per heavy atom. The van der Waals surface area contributed by atoms with Crippen molar-refractivity contribution in [2.75, 3.05) is 18.0 Å². The molecule has 0 heterocycles. The molecule has 0 unspecified atom stereocenters. The normalized spacial score (nSPS) is 11.4. The van der Waals surface area contributed by atoms with Crippen molar-refractivity contribution in [3.8, 4) is 0 Å². The number of nitrogens with zero attached hydrogens (tertiary/aromatic N) is 1. The summed E-state index contributed by atoms with van der Waals surface area (Å²) in [6, 6.07) is 3.17. The average Bonchev–Trinajstić information content (AvgIpc) is 2.36. The van der Waals surface area contributed by atoms with Gasteiger partial charge in [0.2, 0.25) is 0 Å². The Morgan fingerprint density at radius 2 is 1.75 bits per heavy atom. The third kappa shape index (κ3) is 3.88. The minimum atomic E-state index is -4.57. The molecule has 20 heavy (non-hydrogen) atoms. The molecule has 0 aliphatic heterocycles. The molecular formula is C14H18F3NO2. The van der Waals surface area contributed by atoms with Crippen molar-refractivity contribution in [1.29, 1.82) is 0 Å². The Bertz CT molecular complexity index is 466. The van der Waals surface area contributed by atoms with Crippen LogP contribution in [0, 0.1) is 0 Å². The summed E-state index contributed by atoms with van der Waals surface area (Å²) in [4.78, 5) is 12.5. The van der Waals surface area contributed by atoms with E-state index in [1.54, 1.807) is 4.90 Å². The van der Waals surface area contributed by atoms with E-state index >= 15 is 0 Å². The van der Waals surface area contributed by atoms with E-state index in [0.717, 1.165) is 12.8 Å². The minimum absolute atomic E-state index is 0.0474. The molecule has 0 atom stereocenters. The van der Waals surface area contributed by atoms with Gasteiger partial charge in [-0.3, -0.25) is 0 Å².